The van der Waals surface area contributed by atoms with Gasteiger partial charge in [-0.05, 0) is 6.92 Å². The number of hydrogen-bond donors (Lipinski definition) is 0. The van der Waals surface area contributed by atoms with Crippen LogP contribution in [-0.2, 0) is 9.53 Å². The molecule has 0 unspecified atom stereocenters. The second-order valence-corrected chi connectivity index (χ2v) is 2.33. The molecule has 1 aliphatic rings. The highest BCUT2D eigenvalue weighted by Gasteiger charge is 2.20. The lowest BCUT2D eigenvalue weighted by atomic mass is 10.2. The fraction of sp³-hybridized carbons (Fsp3) is 0.429. The summed E-state index contributed by atoms with van der Waals surface area (Å²) in [5, 5.41) is 3.66. The monoisotopic (exact) mass is 187 g/mol. The van der Waals surface area contributed by atoms with E-state index in [9.17, 15) is 4.79 Å². The van der Waals surface area contributed by atoms with E-state index in [1.54, 1.807) is 6.92 Å². The van der Waals surface area contributed by atoms with Crippen molar-refractivity contribution < 1.29 is 9.53 Å². The molecule has 0 amide bonds. The molecule has 0 fully saturated rings. The number of alkyl halides is 1. The predicted octanol–water partition coefficient (Wildman–Crippen LogP) is 0.646. The Morgan fingerprint density at radius 2 is 2.50 bits per heavy atom. The third-order valence-corrected chi connectivity index (χ3v) is 1.55. The average Bonchev–Trinajstić information content (AvgIpc) is 2.51. The summed E-state index contributed by atoms with van der Waals surface area (Å²) in [6.07, 6.45) is 1.36. The Balaban J connectivity index is 2.64. The number of esters is 1. The first-order chi connectivity index (χ1) is 5.79. The molecule has 0 atom stereocenters. The van der Waals surface area contributed by atoms with E-state index < -0.39 is 5.97 Å². The van der Waals surface area contributed by atoms with Gasteiger partial charge in [0.1, 0.15) is 5.57 Å². The molecule has 5 heteroatoms. The van der Waals surface area contributed by atoms with Gasteiger partial charge in [0.2, 0.25) is 0 Å². The second kappa shape index (κ2) is 4.11. The van der Waals surface area contributed by atoms with Crippen LogP contribution in [-0.4, -0.2) is 24.2 Å². The van der Waals surface area contributed by atoms with Crippen LogP contribution in [0.2, 0.25) is 0 Å². The Hall–Kier alpha value is -1.03. The summed E-state index contributed by atoms with van der Waals surface area (Å²) in [6, 6.07) is 0. The first kappa shape index (κ1) is 9.06. The molecule has 0 aliphatic carbocycles. The van der Waals surface area contributed by atoms with Crippen molar-refractivity contribution in [3.05, 3.63) is 11.8 Å². The third kappa shape index (κ3) is 1.76. The summed E-state index contributed by atoms with van der Waals surface area (Å²) in [6.45, 7) is 2.08. The summed E-state index contributed by atoms with van der Waals surface area (Å²) in [5.74, 6) is -0.244. The molecule has 0 bridgehead atoms. The molecule has 0 N–H and O–H groups in total. The van der Waals surface area contributed by atoms with Crippen molar-refractivity contribution in [3.8, 4) is 0 Å². The van der Waals surface area contributed by atoms with Crippen LogP contribution in [0.4, 0.5) is 0 Å². The highest BCUT2D eigenvalue weighted by molar-refractivity contribution is 6.36. The molecule has 0 spiro atoms. The highest BCUT2D eigenvalue weighted by atomic mass is 35.5. The van der Waals surface area contributed by atoms with Gasteiger partial charge in [0.25, 0.3) is 0 Å². The van der Waals surface area contributed by atoms with Gasteiger partial charge in [-0.25, -0.2) is 4.79 Å². The maximum atomic E-state index is 11.1. The van der Waals surface area contributed by atoms with Crippen molar-refractivity contribution >= 4 is 23.3 Å². The molecule has 65 valence electrons. The Morgan fingerprint density at radius 1 is 1.75 bits per heavy atom. The third-order valence-electron chi connectivity index (χ3n) is 1.30. The number of ether oxygens (including phenoxy) is 1. The standard InChI is InChI=1S/C7H8ClN2O2/c1-2-12-7(11)5-4-9-10-6(5)3-8/h4H,2-3H2,1H3. The molecular weight excluding hydrogens is 180 g/mol. The molecule has 0 aromatic heterocycles. The average molecular weight is 188 g/mol. The SMILES string of the molecule is CCOC(=O)C1=C[N]N=C1CCl. The molecular formula is C7H8ClN2O2. The molecule has 0 saturated carbocycles. The number of halogens is 1. The fourth-order valence-corrected chi connectivity index (χ4v) is 0.960. The van der Waals surface area contributed by atoms with Gasteiger partial charge in [-0.3, -0.25) is 0 Å². The summed E-state index contributed by atoms with van der Waals surface area (Å²) < 4.78 is 4.75. The number of nitrogens with zero attached hydrogens (tertiary/aromatic N) is 2. The van der Waals surface area contributed by atoms with E-state index in [4.69, 9.17) is 16.3 Å². The number of carbonyl (C=O) groups is 1. The second-order valence-electron chi connectivity index (χ2n) is 2.06. The van der Waals surface area contributed by atoms with Crippen LogP contribution in [0.25, 0.3) is 0 Å². The molecule has 1 heterocycles. The maximum absolute atomic E-state index is 11.1. The lowest BCUT2D eigenvalue weighted by Crippen LogP contribution is -2.14. The Kier molecular flexibility index (Phi) is 3.10. The minimum atomic E-state index is -0.418. The van der Waals surface area contributed by atoms with Crippen LogP contribution in [0.5, 0.6) is 0 Å². The lowest BCUT2D eigenvalue weighted by Gasteiger charge is -2.01. The van der Waals surface area contributed by atoms with Gasteiger partial charge in [-0.1, -0.05) is 0 Å². The zero-order chi connectivity index (χ0) is 8.97. The summed E-state index contributed by atoms with van der Waals surface area (Å²) >= 11 is 5.51. The van der Waals surface area contributed by atoms with Gasteiger partial charge >= 0.3 is 5.97 Å². The normalized spacial score (nSPS) is 14.8. The van der Waals surface area contributed by atoms with E-state index in [2.05, 4.69) is 10.5 Å². The Labute approximate surface area is 75.2 Å². The smallest absolute Gasteiger partial charge is 0.341 e. The van der Waals surface area contributed by atoms with Gasteiger partial charge in [0, 0.05) is 0 Å². The van der Waals surface area contributed by atoms with Crippen molar-refractivity contribution in [3.63, 3.8) is 0 Å². The molecule has 1 radical (unpaired) electrons. The lowest BCUT2D eigenvalue weighted by molar-refractivity contribution is -0.137. The Bertz CT molecular complexity index is 248. The van der Waals surface area contributed by atoms with Crippen molar-refractivity contribution in [1.29, 1.82) is 0 Å². The quantitative estimate of drug-likeness (QED) is 0.481. The van der Waals surface area contributed by atoms with Gasteiger partial charge in [-0.15, -0.1) is 11.6 Å². The van der Waals surface area contributed by atoms with E-state index in [0.29, 0.717) is 17.9 Å². The molecule has 0 saturated heterocycles. The van der Waals surface area contributed by atoms with Gasteiger partial charge in [0.15, 0.2) is 0 Å². The summed E-state index contributed by atoms with van der Waals surface area (Å²) in [4.78, 5) is 11.1. The van der Waals surface area contributed by atoms with E-state index in [1.165, 1.54) is 6.20 Å². The minimum absolute atomic E-state index is 0.175. The Morgan fingerprint density at radius 3 is 3.08 bits per heavy atom. The maximum Gasteiger partial charge on any atom is 0.341 e. The largest absolute Gasteiger partial charge is 0.462 e. The zero-order valence-electron chi connectivity index (χ0n) is 6.58. The topological polar surface area (TPSA) is 52.8 Å². The molecule has 0 aromatic rings. The first-order valence-corrected chi connectivity index (χ1v) is 4.03. The van der Waals surface area contributed by atoms with E-state index >= 15 is 0 Å². The van der Waals surface area contributed by atoms with Crippen LogP contribution >= 0.6 is 11.6 Å². The van der Waals surface area contributed by atoms with Crippen LogP contribution in [0.3, 0.4) is 0 Å². The van der Waals surface area contributed by atoms with Crippen LogP contribution in [0, 0.1) is 0 Å². The summed E-state index contributed by atoms with van der Waals surface area (Å²) in [7, 11) is 0. The van der Waals surface area contributed by atoms with Crippen molar-refractivity contribution in [2.75, 3.05) is 12.5 Å². The van der Waals surface area contributed by atoms with E-state index in [-0.39, 0.29) is 5.88 Å². The van der Waals surface area contributed by atoms with Crippen molar-refractivity contribution in [2.24, 2.45) is 5.10 Å². The van der Waals surface area contributed by atoms with Crippen LogP contribution in [0.15, 0.2) is 16.9 Å². The van der Waals surface area contributed by atoms with Gasteiger partial charge in [-0.2, -0.15) is 10.5 Å². The van der Waals surface area contributed by atoms with Crippen molar-refractivity contribution in [2.45, 2.75) is 6.92 Å². The highest BCUT2D eigenvalue weighted by Crippen LogP contribution is 2.08. The molecule has 12 heavy (non-hydrogen) atoms. The summed E-state index contributed by atoms with van der Waals surface area (Å²) in [5.41, 5.74) is 4.38. The van der Waals surface area contributed by atoms with Crippen molar-refractivity contribution in [1.82, 2.24) is 5.43 Å². The minimum Gasteiger partial charge on any atom is -0.462 e. The zero-order valence-corrected chi connectivity index (χ0v) is 7.34. The number of carbonyl (C=O) groups excluding carboxylic acids is 1. The fourth-order valence-electron chi connectivity index (χ4n) is 0.763. The molecule has 1 rings (SSSR count). The predicted molar refractivity (Wildman–Crippen MR) is 45.0 cm³/mol. The van der Waals surface area contributed by atoms with Crippen LogP contribution < -0.4 is 5.43 Å². The molecule has 1 aliphatic heterocycles. The van der Waals surface area contributed by atoms with E-state index in [1.807, 2.05) is 0 Å². The first-order valence-electron chi connectivity index (χ1n) is 3.50. The van der Waals surface area contributed by atoms with Gasteiger partial charge in [0.05, 0.1) is 24.4 Å². The van der Waals surface area contributed by atoms with Gasteiger partial charge < -0.3 is 4.74 Å². The molecule has 0 aromatic carbocycles. The number of hydrogen-bond acceptors (Lipinski definition) is 3. The molecule has 4 nitrogen and oxygen atoms in total. The number of rotatable bonds is 3. The van der Waals surface area contributed by atoms with E-state index in [0.717, 1.165) is 0 Å². The van der Waals surface area contributed by atoms with Crippen LogP contribution in [0.1, 0.15) is 6.92 Å².